The third kappa shape index (κ3) is 2.76. The van der Waals surface area contributed by atoms with Gasteiger partial charge in [0.1, 0.15) is 0 Å². The van der Waals surface area contributed by atoms with Crippen LogP contribution in [0.15, 0.2) is 10.9 Å². The van der Waals surface area contributed by atoms with E-state index in [-0.39, 0.29) is 17.0 Å². The van der Waals surface area contributed by atoms with Crippen LogP contribution in [-0.4, -0.2) is 29.8 Å². The van der Waals surface area contributed by atoms with Crippen LogP contribution in [0.2, 0.25) is 0 Å². The van der Waals surface area contributed by atoms with Gasteiger partial charge in [-0.25, -0.2) is 4.68 Å². The third-order valence-corrected chi connectivity index (χ3v) is 2.25. The van der Waals surface area contributed by atoms with Crippen LogP contribution >= 0.6 is 0 Å². The first-order chi connectivity index (χ1) is 7.60. The highest BCUT2D eigenvalue weighted by molar-refractivity contribution is 5.74. The summed E-state index contributed by atoms with van der Waals surface area (Å²) in [4.78, 5) is 22.5. The molecule has 1 rings (SSSR count). The summed E-state index contributed by atoms with van der Waals surface area (Å²) in [6, 6.07) is 1.54. The summed E-state index contributed by atoms with van der Waals surface area (Å²) in [6.07, 6.45) is 0.569. The van der Waals surface area contributed by atoms with E-state index in [1.807, 2.05) is 13.8 Å². The largest absolute Gasteiger partial charge is 0.383 e. The lowest BCUT2D eigenvalue weighted by Gasteiger charge is -2.09. The molecule has 0 N–H and O–H groups in total. The quantitative estimate of drug-likeness (QED) is 0.695. The Labute approximate surface area is 94.0 Å². The molecule has 5 heteroatoms. The average Bonchev–Trinajstić information content (AvgIpc) is 2.27. The molecule has 0 radical (unpaired) electrons. The zero-order valence-electron chi connectivity index (χ0n) is 9.77. The minimum atomic E-state index is -0.364. The molecule has 0 aliphatic carbocycles. The van der Waals surface area contributed by atoms with E-state index in [0.717, 1.165) is 5.69 Å². The number of hydrogen-bond acceptors (Lipinski definition) is 4. The van der Waals surface area contributed by atoms with Crippen LogP contribution in [0.25, 0.3) is 0 Å². The van der Waals surface area contributed by atoms with Crippen molar-refractivity contribution in [2.24, 2.45) is 0 Å². The number of ether oxygens (including phenoxy) is 1. The van der Waals surface area contributed by atoms with Crippen LogP contribution in [0.3, 0.4) is 0 Å². The summed E-state index contributed by atoms with van der Waals surface area (Å²) in [5.74, 6) is 0.174. The zero-order valence-corrected chi connectivity index (χ0v) is 9.77. The summed E-state index contributed by atoms with van der Waals surface area (Å²) in [5.41, 5.74) is 0.518. The molecule has 0 saturated carbocycles. The minimum Gasteiger partial charge on any atom is -0.383 e. The predicted molar refractivity (Wildman–Crippen MR) is 59.8 cm³/mol. The van der Waals surface area contributed by atoms with Gasteiger partial charge in [-0.15, -0.1) is 0 Å². The highest BCUT2D eigenvalue weighted by Gasteiger charge is 2.09. The van der Waals surface area contributed by atoms with Crippen molar-refractivity contribution in [2.75, 3.05) is 13.7 Å². The number of aldehydes is 1. The monoisotopic (exact) mass is 224 g/mol. The first-order valence-electron chi connectivity index (χ1n) is 5.16. The van der Waals surface area contributed by atoms with Crippen LogP contribution in [0, 0.1) is 0 Å². The fraction of sp³-hybridized carbons (Fsp3) is 0.545. The Morgan fingerprint density at radius 2 is 2.25 bits per heavy atom. The number of carbonyl (C=O) groups excluding carboxylic acids is 1. The van der Waals surface area contributed by atoms with E-state index in [0.29, 0.717) is 19.4 Å². The molecule has 0 aliphatic heterocycles. The molecule has 0 unspecified atom stereocenters. The van der Waals surface area contributed by atoms with Gasteiger partial charge in [-0.05, 0) is 12.0 Å². The van der Waals surface area contributed by atoms with Crippen molar-refractivity contribution in [3.63, 3.8) is 0 Å². The zero-order chi connectivity index (χ0) is 12.1. The number of nitrogens with zero attached hydrogens (tertiary/aromatic N) is 2. The van der Waals surface area contributed by atoms with Crippen molar-refractivity contribution in [3.05, 3.63) is 27.7 Å². The Bertz CT molecular complexity index is 424. The molecular formula is C11H16N2O3. The van der Waals surface area contributed by atoms with E-state index < -0.39 is 0 Å². The van der Waals surface area contributed by atoms with Crippen LogP contribution < -0.4 is 5.56 Å². The van der Waals surface area contributed by atoms with Crippen molar-refractivity contribution < 1.29 is 9.53 Å². The molecular weight excluding hydrogens is 208 g/mol. The van der Waals surface area contributed by atoms with Gasteiger partial charge in [0, 0.05) is 7.11 Å². The highest BCUT2D eigenvalue weighted by atomic mass is 16.5. The van der Waals surface area contributed by atoms with E-state index >= 15 is 0 Å². The van der Waals surface area contributed by atoms with Gasteiger partial charge in [0.15, 0.2) is 6.29 Å². The molecule has 1 heterocycles. The SMILES string of the molecule is COCCn1nc(C(C)C)cc(C=O)c1=O. The lowest BCUT2D eigenvalue weighted by molar-refractivity contribution is 0.112. The topological polar surface area (TPSA) is 61.2 Å². The van der Waals surface area contributed by atoms with Gasteiger partial charge in [-0.1, -0.05) is 13.8 Å². The van der Waals surface area contributed by atoms with Gasteiger partial charge < -0.3 is 4.74 Å². The van der Waals surface area contributed by atoms with E-state index in [9.17, 15) is 9.59 Å². The van der Waals surface area contributed by atoms with Crippen molar-refractivity contribution in [1.29, 1.82) is 0 Å². The molecule has 0 bridgehead atoms. The van der Waals surface area contributed by atoms with Crippen molar-refractivity contribution in [2.45, 2.75) is 26.3 Å². The van der Waals surface area contributed by atoms with Crippen molar-refractivity contribution >= 4 is 6.29 Å². The Hall–Kier alpha value is -1.49. The summed E-state index contributed by atoms with van der Waals surface area (Å²) >= 11 is 0. The molecule has 16 heavy (non-hydrogen) atoms. The minimum absolute atomic E-state index is 0.148. The standard InChI is InChI=1S/C11H16N2O3/c1-8(2)10-6-9(7-14)11(15)13(12-10)4-5-16-3/h6-8H,4-5H2,1-3H3. The lowest BCUT2D eigenvalue weighted by Crippen LogP contribution is -2.29. The molecule has 0 atom stereocenters. The molecule has 1 aromatic heterocycles. The maximum absolute atomic E-state index is 11.7. The van der Waals surface area contributed by atoms with Gasteiger partial charge in [0.05, 0.1) is 24.4 Å². The number of rotatable bonds is 5. The second kappa shape index (κ2) is 5.55. The normalized spacial score (nSPS) is 10.8. The fourth-order valence-corrected chi connectivity index (χ4v) is 1.28. The number of aromatic nitrogens is 2. The van der Waals surface area contributed by atoms with Gasteiger partial charge in [0.2, 0.25) is 0 Å². The average molecular weight is 224 g/mol. The van der Waals surface area contributed by atoms with Crippen molar-refractivity contribution in [3.8, 4) is 0 Å². The van der Waals surface area contributed by atoms with Gasteiger partial charge >= 0.3 is 0 Å². The summed E-state index contributed by atoms with van der Waals surface area (Å²) in [6.45, 7) is 4.67. The first-order valence-corrected chi connectivity index (χ1v) is 5.16. The number of hydrogen-bond donors (Lipinski definition) is 0. The third-order valence-electron chi connectivity index (χ3n) is 2.25. The Balaban J connectivity index is 3.19. The number of methoxy groups -OCH3 is 1. The van der Waals surface area contributed by atoms with Gasteiger partial charge in [0.25, 0.3) is 5.56 Å². The van der Waals surface area contributed by atoms with Gasteiger partial charge in [-0.3, -0.25) is 9.59 Å². The lowest BCUT2D eigenvalue weighted by atomic mass is 10.1. The summed E-state index contributed by atoms with van der Waals surface area (Å²) in [5, 5.41) is 4.18. The molecule has 0 spiro atoms. The van der Waals surface area contributed by atoms with E-state index in [1.165, 1.54) is 4.68 Å². The molecule has 0 fully saturated rings. The Morgan fingerprint density at radius 1 is 1.56 bits per heavy atom. The maximum atomic E-state index is 11.7. The van der Waals surface area contributed by atoms with Crippen LogP contribution in [0.4, 0.5) is 0 Å². The van der Waals surface area contributed by atoms with E-state index in [4.69, 9.17) is 4.74 Å². The second-order valence-electron chi connectivity index (χ2n) is 3.82. The first kappa shape index (κ1) is 12.6. The molecule has 0 amide bonds. The molecule has 0 aliphatic rings. The second-order valence-corrected chi connectivity index (χ2v) is 3.82. The van der Waals surface area contributed by atoms with Crippen molar-refractivity contribution in [1.82, 2.24) is 9.78 Å². The van der Waals surface area contributed by atoms with E-state index in [1.54, 1.807) is 13.2 Å². The number of carbonyl (C=O) groups is 1. The molecule has 88 valence electrons. The molecule has 5 nitrogen and oxygen atoms in total. The van der Waals surface area contributed by atoms with E-state index in [2.05, 4.69) is 5.10 Å². The van der Waals surface area contributed by atoms with Crippen LogP contribution in [-0.2, 0) is 11.3 Å². The molecule has 0 aromatic carbocycles. The fourth-order valence-electron chi connectivity index (χ4n) is 1.28. The predicted octanol–water partition coefficient (Wildman–Crippen LogP) is 0.826. The smallest absolute Gasteiger partial charge is 0.277 e. The van der Waals surface area contributed by atoms with Crippen LogP contribution in [0.5, 0.6) is 0 Å². The van der Waals surface area contributed by atoms with Gasteiger partial charge in [-0.2, -0.15) is 5.10 Å². The highest BCUT2D eigenvalue weighted by Crippen LogP contribution is 2.09. The Kier molecular flexibility index (Phi) is 4.37. The van der Waals surface area contributed by atoms with Crippen LogP contribution in [0.1, 0.15) is 35.8 Å². The molecule has 1 aromatic rings. The maximum Gasteiger partial charge on any atom is 0.277 e. The summed E-state index contributed by atoms with van der Waals surface area (Å²) < 4.78 is 6.17. The Morgan fingerprint density at radius 3 is 2.75 bits per heavy atom. The molecule has 0 saturated heterocycles. The summed E-state index contributed by atoms with van der Waals surface area (Å²) in [7, 11) is 1.55.